The van der Waals surface area contributed by atoms with Crippen LogP contribution in [0.15, 0.2) is 42.5 Å². The molecule has 0 saturated heterocycles. The summed E-state index contributed by atoms with van der Waals surface area (Å²) < 4.78 is 0. The van der Waals surface area contributed by atoms with Crippen molar-refractivity contribution >= 4 is 35.1 Å². The summed E-state index contributed by atoms with van der Waals surface area (Å²) in [6.07, 6.45) is 3.02. The van der Waals surface area contributed by atoms with E-state index < -0.39 is 23.8 Å². The van der Waals surface area contributed by atoms with E-state index in [0.29, 0.717) is 12.2 Å². The fourth-order valence-electron chi connectivity index (χ4n) is 1.51. The molecule has 8 heteroatoms. The van der Waals surface area contributed by atoms with Gasteiger partial charge in [-0.3, -0.25) is 9.59 Å². The molecule has 1 aromatic carbocycles. The van der Waals surface area contributed by atoms with Crippen LogP contribution in [0, 0.1) is 6.92 Å². The Hall–Kier alpha value is -3.42. The first-order chi connectivity index (χ1) is 10.8. The number of carboxylic acid groups (broad SMARTS) is 2. The van der Waals surface area contributed by atoms with Gasteiger partial charge in [-0.2, -0.15) is 0 Å². The summed E-state index contributed by atoms with van der Waals surface area (Å²) in [7, 11) is 0. The summed E-state index contributed by atoms with van der Waals surface area (Å²) in [5.41, 5.74) is 1.29. The lowest BCUT2D eigenvalue weighted by Gasteiger charge is -2.11. The van der Waals surface area contributed by atoms with Crippen LogP contribution in [0.4, 0.5) is 11.4 Å². The molecule has 0 radical (unpaired) electrons. The molecule has 8 nitrogen and oxygen atoms in total. The van der Waals surface area contributed by atoms with Crippen molar-refractivity contribution in [3.05, 3.63) is 48.1 Å². The molecular weight excluding hydrogens is 304 g/mol. The largest absolute Gasteiger partial charge is 0.478 e. The van der Waals surface area contributed by atoms with E-state index in [1.807, 2.05) is 0 Å². The van der Waals surface area contributed by atoms with Crippen LogP contribution in [0.3, 0.4) is 0 Å². The summed E-state index contributed by atoms with van der Waals surface area (Å²) in [6, 6.07) is 4.78. The number of nitrogens with one attached hydrogen (secondary N) is 2. The molecule has 4 N–H and O–H groups in total. The number of amides is 2. The fourth-order valence-corrected chi connectivity index (χ4v) is 1.51. The van der Waals surface area contributed by atoms with Gasteiger partial charge in [0, 0.05) is 24.3 Å². The first kappa shape index (κ1) is 17.6. The van der Waals surface area contributed by atoms with Gasteiger partial charge in [0.15, 0.2) is 0 Å². The van der Waals surface area contributed by atoms with Crippen molar-refractivity contribution in [3.8, 4) is 0 Å². The van der Waals surface area contributed by atoms with E-state index in [-0.39, 0.29) is 11.4 Å². The first-order valence-corrected chi connectivity index (χ1v) is 6.32. The molecule has 2 amide bonds. The molecule has 0 unspecified atom stereocenters. The lowest BCUT2D eigenvalue weighted by Crippen LogP contribution is -2.14. The van der Waals surface area contributed by atoms with Crippen molar-refractivity contribution in [1.82, 2.24) is 0 Å². The van der Waals surface area contributed by atoms with Crippen LogP contribution in [0.2, 0.25) is 0 Å². The first-order valence-electron chi connectivity index (χ1n) is 6.32. The third-order valence-corrected chi connectivity index (χ3v) is 2.45. The maximum atomic E-state index is 11.6. The van der Waals surface area contributed by atoms with E-state index in [9.17, 15) is 19.2 Å². The number of carboxylic acids is 2. The number of aliphatic carboxylic acids is 2. The topological polar surface area (TPSA) is 133 Å². The van der Waals surface area contributed by atoms with E-state index in [4.69, 9.17) is 10.2 Å². The Balaban J connectivity index is 2.92. The molecule has 1 aromatic rings. The molecule has 0 bridgehead atoms. The smallest absolute Gasteiger partial charge is 0.328 e. The van der Waals surface area contributed by atoms with Crippen molar-refractivity contribution in [3.63, 3.8) is 0 Å². The van der Waals surface area contributed by atoms with Crippen LogP contribution < -0.4 is 10.6 Å². The second-order valence-corrected chi connectivity index (χ2v) is 4.37. The SMILES string of the molecule is Cc1ccc(NC(=O)C=CC(=O)O)c(NC(=O)C=CC(=O)O)c1. The van der Waals surface area contributed by atoms with E-state index in [1.165, 1.54) is 6.07 Å². The highest BCUT2D eigenvalue weighted by molar-refractivity contribution is 6.08. The van der Waals surface area contributed by atoms with Crippen molar-refractivity contribution in [1.29, 1.82) is 0 Å². The zero-order chi connectivity index (χ0) is 17.4. The number of hydrogen-bond donors (Lipinski definition) is 4. The molecule has 0 fully saturated rings. The Morgan fingerprint density at radius 3 is 1.78 bits per heavy atom. The van der Waals surface area contributed by atoms with Crippen molar-refractivity contribution in [2.24, 2.45) is 0 Å². The molecule has 0 aliphatic rings. The molecule has 0 atom stereocenters. The average Bonchev–Trinajstić information content (AvgIpc) is 2.46. The van der Waals surface area contributed by atoms with Gasteiger partial charge in [-0.1, -0.05) is 6.07 Å². The van der Waals surface area contributed by atoms with Crippen LogP contribution in [0.1, 0.15) is 5.56 Å². The number of anilines is 2. The van der Waals surface area contributed by atoms with Crippen LogP contribution in [0.25, 0.3) is 0 Å². The highest BCUT2D eigenvalue weighted by Crippen LogP contribution is 2.23. The Bertz CT molecular complexity index is 706. The number of benzene rings is 1. The van der Waals surface area contributed by atoms with Gasteiger partial charge in [-0.25, -0.2) is 9.59 Å². The summed E-state index contributed by atoms with van der Waals surface area (Å²) in [5, 5.41) is 21.8. The van der Waals surface area contributed by atoms with E-state index in [0.717, 1.165) is 17.7 Å². The Morgan fingerprint density at radius 2 is 1.30 bits per heavy atom. The monoisotopic (exact) mass is 318 g/mol. The third kappa shape index (κ3) is 6.71. The molecule has 23 heavy (non-hydrogen) atoms. The van der Waals surface area contributed by atoms with Gasteiger partial charge in [0.25, 0.3) is 0 Å². The second-order valence-electron chi connectivity index (χ2n) is 4.37. The van der Waals surface area contributed by atoms with Crippen LogP contribution >= 0.6 is 0 Å². The van der Waals surface area contributed by atoms with Gasteiger partial charge < -0.3 is 20.8 Å². The molecule has 1 rings (SSSR count). The van der Waals surface area contributed by atoms with E-state index >= 15 is 0 Å². The molecular formula is C15H14N2O6. The van der Waals surface area contributed by atoms with E-state index in [1.54, 1.807) is 19.1 Å². The maximum Gasteiger partial charge on any atom is 0.328 e. The number of hydrogen-bond acceptors (Lipinski definition) is 4. The van der Waals surface area contributed by atoms with Crippen molar-refractivity contribution < 1.29 is 29.4 Å². The quantitative estimate of drug-likeness (QED) is 0.582. The molecule has 0 saturated carbocycles. The third-order valence-electron chi connectivity index (χ3n) is 2.45. The zero-order valence-corrected chi connectivity index (χ0v) is 12.1. The van der Waals surface area contributed by atoms with Gasteiger partial charge in [0.05, 0.1) is 11.4 Å². The Morgan fingerprint density at radius 1 is 0.826 bits per heavy atom. The fraction of sp³-hybridized carbons (Fsp3) is 0.0667. The van der Waals surface area contributed by atoms with Crippen LogP contribution in [0.5, 0.6) is 0 Å². The second kappa shape index (κ2) is 8.13. The highest BCUT2D eigenvalue weighted by Gasteiger charge is 2.08. The summed E-state index contributed by atoms with van der Waals surface area (Å²) >= 11 is 0. The number of rotatable bonds is 6. The number of carbonyl (C=O) groups excluding carboxylic acids is 2. The normalized spacial score (nSPS) is 10.7. The maximum absolute atomic E-state index is 11.6. The Labute approximate surface area is 131 Å². The average molecular weight is 318 g/mol. The highest BCUT2D eigenvalue weighted by atomic mass is 16.4. The van der Waals surface area contributed by atoms with Gasteiger partial charge in [0.2, 0.25) is 11.8 Å². The minimum atomic E-state index is -1.27. The molecule has 0 heterocycles. The van der Waals surface area contributed by atoms with Crippen LogP contribution in [-0.4, -0.2) is 34.0 Å². The minimum absolute atomic E-state index is 0.243. The molecule has 120 valence electrons. The van der Waals surface area contributed by atoms with Gasteiger partial charge in [-0.15, -0.1) is 0 Å². The summed E-state index contributed by atoms with van der Waals surface area (Å²) in [6.45, 7) is 1.76. The molecule has 0 aliphatic carbocycles. The number of carbonyl (C=O) groups is 4. The molecule has 0 spiro atoms. The van der Waals surface area contributed by atoms with Crippen molar-refractivity contribution in [2.75, 3.05) is 10.6 Å². The predicted molar refractivity (Wildman–Crippen MR) is 82.0 cm³/mol. The minimum Gasteiger partial charge on any atom is -0.478 e. The summed E-state index contributed by atoms with van der Waals surface area (Å²) in [4.78, 5) is 43.9. The van der Waals surface area contributed by atoms with Crippen molar-refractivity contribution in [2.45, 2.75) is 6.92 Å². The summed E-state index contributed by atoms with van der Waals surface area (Å²) in [5.74, 6) is -3.91. The number of aryl methyl sites for hydroxylation is 1. The molecule has 0 aliphatic heterocycles. The predicted octanol–water partition coefficient (Wildman–Crippen LogP) is 1.15. The van der Waals surface area contributed by atoms with E-state index in [2.05, 4.69) is 10.6 Å². The van der Waals surface area contributed by atoms with Gasteiger partial charge in [-0.05, 0) is 24.6 Å². The van der Waals surface area contributed by atoms with Gasteiger partial charge >= 0.3 is 11.9 Å². The zero-order valence-electron chi connectivity index (χ0n) is 12.1. The lowest BCUT2D eigenvalue weighted by molar-refractivity contribution is -0.132. The standard InChI is InChI=1S/C15H14N2O6/c1-9-2-3-10(16-12(18)4-6-14(20)21)11(8-9)17-13(19)5-7-15(22)23/h2-8H,1H3,(H,16,18)(H,17,19)(H,20,21)(H,22,23). The lowest BCUT2D eigenvalue weighted by atomic mass is 10.2. The molecule has 0 aromatic heterocycles. The van der Waals surface area contributed by atoms with Crippen LogP contribution in [-0.2, 0) is 19.2 Å². The van der Waals surface area contributed by atoms with Gasteiger partial charge in [0.1, 0.15) is 0 Å². The Kier molecular flexibility index (Phi) is 6.23.